The smallest absolute Gasteiger partial charge is 0.226 e. The highest BCUT2D eigenvalue weighted by atomic mass is 16.5. The lowest BCUT2D eigenvalue weighted by atomic mass is 9.95. The zero-order valence-corrected chi connectivity index (χ0v) is 14.7. The number of amides is 1. The number of carbonyl (C=O) groups excluding carboxylic acids is 1. The average Bonchev–Trinajstić information content (AvgIpc) is 3.10. The Kier molecular flexibility index (Phi) is 4.52. The molecule has 2 N–H and O–H groups in total. The topological polar surface area (TPSA) is 63.4 Å². The van der Waals surface area contributed by atoms with Crippen LogP contribution in [0.5, 0.6) is 11.5 Å². The number of nitrogens with one attached hydrogen (secondary N) is 2. The summed E-state index contributed by atoms with van der Waals surface area (Å²) in [5.74, 6) is 1.36. The van der Waals surface area contributed by atoms with E-state index in [4.69, 9.17) is 9.47 Å². The van der Waals surface area contributed by atoms with Gasteiger partial charge in [-0.1, -0.05) is 30.3 Å². The molecule has 5 nitrogen and oxygen atoms in total. The van der Waals surface area contributed by atoms with Gasteiger partial charge in [0.05, 0.1) is 13.0 Å². The first-order chi connectivity index (χ1) is 12.8. The maximum atomic E-state index is 12.5. The van der Waals surface area contributed by atoms with Crippen molar-refractivity contribution >= 4 is 16.8 Å². The molecule has 26 heavy (non-hydrogen) atoms. The number of rotatable bonds is 5. The second-order valence-electron chi connectivity index (χ2n) is 6.56. The highest BCUT2D eigenvalue weighted by Gasteiger charge is 2.27. The predicted octanol–water partition coefficient (Wildman–Crippen LogP) is 3.09. The molecule has 1 aliphatic rings. The van der Waals surface area contributed by atoms with Gasteiger partial charge in [-0.3, -0.25) is 4.79 Å². The lowest BCUT2D eigenvalue weighted by molar-refractivity contribution is -0.126. The molecular formula is C21H22N2O3. The Balaban J connectivity index is 1.35. The third kappa shape index (κ3) is 3.12. The van der Waals surface area contributed by atoms with Gasteiger partial charge in [0, 0.05) is 23.6 Å². The maximum Gasteiger partial charge on any atom is 0.226 e. The van der Waals surface area contributed by atoms with Gasteiger partial charge in [0.1, 0.15) is 6.61 Å². The third-order valence-corrected chi connectivity index (χ3v) is 4.91. The molecule has 2 heterocycles. The Morgan fingerprint density at radius 2 is 2.15 bits per heavy atom. The first kappa shape index (κ1) is 16.5. The molecule has 0 bridgehead atoms. The highest BCUT2D eigenvalue weighted by molar-refractivity contribution is 5.83. The molecule has 0 spiro atoms. The number of methoxy groups -OCH3 is 1. The van der Waals surface area contributed by atoms with E-state index in [0.29, 0.717) is 19.6 Å². The van der Waals surface area contributed by atoms with Gasteiger partial charge in [-0.15, -0.1) is 0 Å². The Morgan fingerprint density at radius 1 is 1.27 bits per heavy atom. The van der Waals surface area contributed by atoms with Gasteiger partial charge in [0.2, 0.25) is 5.91 Å². The zero-order chi connectivity index (χ0) is 17.9. The van der Waals surface area contributed by atoms with Crippen molar-refractivity contribution < 1.29 is 14.3 Å². The number of para-hydroxylation sites is 2. The zero-order valence-electron chi connectivity index (χ0n) is 14.7. The summed E-state index contributed by atoms with van der Waals surface area (Å²) in [7, 11) is 1.63. The Labute approximate surface area is 152 Å². The highest BCUT2D eigenvalue weighted by Crippen LogP contribution is 2.36. The van der Waals surface area contributed by atoms with Crippen LogP contribution in [0.15, 0.2) is 48.7 Å². The van der Waals surface area contributed by atoms with Crippen LogP contribution in [0.25, 0.3) is 10.9 Å². The Morgan fingerprint density at radius 3 is 3.04 bits per heavy atom. The minimum Gasteiger partial charge on any atom is -0.493 e. The Hall–Kier alpha value is -2.95. The van der Waals surface area contributed by atoms with Crippen LogP contribution in [0.1, 0.15) is 11.1 Å². The summed E-state index contributed by atoms with van der Waals surface area (Å²) < 4.78 is 11.1. The van der Waals surface area contributed by atoms with Gasteiger partial charge >= 0.3 is 0 Å². The number of aromatic amines is 1. The summed E-state index contributed by atoms with van der Waals surface area (Å²) in [6.07, 6.45) is 3.49. The maximum absolute atomic E-state index is 12.5. The third-order valence-electron chi connectivity index (χ3n) is 4.91. The predicted molar refractivity (Wildman–Crippen MR) is 101 cm³/mol. The molecular weight excluding hydrogens is 328 g/mol. The molecule has 1 amide bonds. The van der Waals surface area contributed by atoms with Crippen molar-refractivity contribution in [1.82, 2.24) is 10.3 Å². The molecule has 0 fully saturated rings. The van der Waals surface area contributed by atoms with E-state index in [9.17, 15) is 4.79 Å². The van der Waals surface area contributed by atoms with E-state index in [-0.39, 0.29) is 11.8 Å². The van der Waals surface area contributed by atoms with Crippen LogP contribution >= 0.6 is 0 Å². The van der Waals surface area contributed by atoms with E-state index in [1.54, 1.807) is 7.11 Å². The molecule has 0 saturated carbocycles. The number of hydrogen-bond donors (Lipinski definition) is 2. The monoisotopic (exact) mass is 350 g/mol. The molecule has 2 aromatic carbocycles. The molecule has 3 aromatic rings. The van der Waals surface area contributed by atoms with Crippen LogP contribution in [-0.4, -0.2) is 31.2 Å². The molecule has 5 heteroatoms. The molecule has 0 radical (unpaired) electrons. The fourth-order valence-corrected chi connectivity index (χ4v) is 3.53. The molecule has 0 saturated heterocycles. The lowest BCUT2D eigenvalue weighted by Gasteiger charge is -2.25. The van der Waals surface area contributed by atoms with Gasteiger partial charge in [-0.2, -0.15) is 0 Å². The molecule has 0 aliphatic carbocycles. The molecule has 1 aromatic heterocycles. The van der Waals surface area contributed by atoms with Crippen LogP contribution < -0.4 is 14.8 Å². The van der Waals surface area contributed by atoms with Gasteiger partial charge in [0.25, 0.3) is 0 Å². The van der Waals surface area contributed by atoms with Crippen molar-refractivity contribution in [3.05, 3.63) is 59.8 Å². The van der Waals surface area contributed by atoms with E-state index in [1.165, 1.54) is 10.9 Å². The van der Waals surface area contributed by atoms with Crippen LogP contribution in [0.4, 0.5) is 0 Å². The van der Waals surface area contributed by atoms with Crippen LogP contribution in [0, 0.1) is 5.92 Å². The van der Waals surface area contributed by atoms with E-state index >= 15 is 0 Å². The number of carbonyl (C=O) groups is 1. The summed E-state index contributed by atoms with van der Waals surface area (Å²) in [5, 5.41) is 4.26. The van der Waals surface area contributed by atoms with E-state index in [1.807, 2.05) is 36.5 Å². The van der Waals surface area contributed by atoms with Crippen molar-refractivity contribution in [2.24, 2.45) is 5.92 Å². The largest absolute Gasteiger partial charge is 0.493 e. The first-order valence-corrected chi connectivity index (χ1v) is 8.87. The number of H-pyrrole nitrogens is 1. The quantitative estimate of drug-likeness (QED) is 0.743. The van der Waals surface area contributed by atoms with Crippen LogP contribution in [0.3, 0.4) is 0 Å². The first-order valence-electron chi connectivity index (χ1n) is 8.87. The molecule has 1 aliphatic heterocycles. The fourth-order valence-electron chi connectivity index (χ4n) is 3.53. The molecule has 4 rings (SSSR count). The van der Waals surface area contributed by atoms with E-state index < -0.39 is 0 Å². The standard InChI is InChI=1S/C21H22N2O3/c1-25-19-8-4-5-14-11-16(13-26-20(14)19)21(24)22-10-9-15-12-23-18-7-3-2-6-17(15)18/h2-8,12,16,23H,9-11,13H2,1H3,(H,22,24)/t16-/m1/s1. The minimum atomic E-state index is -0.169. The van der Waals surface area contributed by atoms with Gasteiger partial charge in [-0.05, 0) is 36.1 Å². The fraction of sp³-hybridized carbons (Fsp3) is 0.286. The van der Waals surface area contributed by atoms with Crippen LogP contribution in [0.2, 0.25) is 0 Å². The lowest BCUT2D eigenvalue weighted by Crippen LogP contribution is -2.38. The van der Waals surface area contributed by atoms with Crippen molar-refractivity contribution in [2.75, 3.05) is 20.3 Å². The van der Waals surface area contributed by atoms with Crippen LogP contribution in [-0.2, 0) is 17.6 Å². The van der Waals surface area contributed by atoms with Crippen molar-refractivity contribution in [3.63, 3.8) is 0 Å². The summed E-state index contributed by atoms with van der Waals surface area (Å²) >= 11 is 0. The van der Waals surface area contributed by atoms with Crippen molar-refractivity contribution in [2.45, 2.75) is 12.8 Å². The number of hydrogen-bond acceptors (Lipinski definition) is 3. The second kappa shape index (κ2) is 7.12. The van der Waals surface area contributed by atoms with Crippen molar-refractivity contribution in [3.8, 4) is 11.5 Å². The summed E-state index contributed by atoms with van der Waals surface area (Å²) in [4.78, 5) is 15.8. The molecule has 0 unspecified atom stereocenters. The SMILES string of the molecule is COc1cccc2c1OC[C@H](C(=O)NCCc1c[nH]c3ccccc13)C2. The summed E-state index contributed by atoms with van der Waals surface area (Å²) in [6, 6.07) is 14.0. The van der Waals surface area contributed by atoms with Gasteiger partial charge in [0.15, 0.2) is 11.5 Å². The van der Waals surface area contributed by atoms with Gasteiger partial charge < -0.3 is 19.8 Å². The second-order valence-corrected chi connectivity index (χ2v) is 6.56. The number of aromatic nitrogens is 1. The molecule has 134 valence electrons. The van der Waals surface area contributed by atoms with Crippen molar-refractivity contribution in [1.29, 1.82) is 0 Å². The van der Waals surface area contributed by atoms with E-state index in [2.05, 4.69) is 22.4 Å². The number of benzene rings is 2. The summed E-state index contributed by atoms with van der Waals surface area (Å²) in [6.45, 7) is 0.994. The average molecular weight is 350 g/mol. The number of ether oxygens (including phenoxy) is 2. The molecule has 1 atom stereocenters. The normalized spacial score (nSPS) is 16.0. The van der Waals surface area contributed by atoms with E-state index in [0.717, 1.165) is 29.0 Å². The minimum absolute atomic E-state index is 0.0401. The van der Waals surface area contributed by atoms with Gasteiger partial charge in [-0.25, -0.2) is 0 Å². The summed E-state index contributed by atoms with van der Waals surface area (Å²) in [5.41, 5.74) is 3.36. The number of fused-ring (bicyclic) bond motifs is 2. The Bertz CT molecular complexity index is 932.